The lowest BCUT2D eigenvalue weighted by Crippen LogP contribution is -2.36. The van der Waals surface area contributed by atoms with Gasteiger partial charge in [0.25, 0.3) is 0 Å². The zero-order valence-electron chi connectivity index (χ0n) is 9.31. The molecule has 15 heavy (non-hydrogen) atoms. The lowest BCUT2D eigenvalue weighted by Gasteiger charge is -2.29. The topological polar surface area (TPSA) is 69.4 Å². The van der Waals surface area contributed by atoms with Crippen molar-refractivity contribution >= 4 is 9.84 Å². The normalized spacial score (nSPS) is 27.5. The standard InChI is InChI=1S/C10H21NO3S/c1-2-14-10(5-6-11)9-4-3-7-15(12,13)8-9/h9-10H,2-8,11H2,1H3. The molecule has 2 unspecified atom stereocenters. The van der Waals surface area contributed by atoms with Crippen molar-refractivity contribution < 1.29 is 13.2 Å². The summed E-state index contributed by atoms with van der Waals surface area (Å²) < 4.78 is 28.5. The van der Waals surface area contributed by atoms with Gasteiger partial charge in [-0.15, -0.1) is 0 Å². The molecule has 0 aromatic heterocycles. The van der Waals surface area contributed by atoms with Crippen LogP contribution in [0.5, 0.6) is 0 Å². The molecule has 0 amide bonds. The molecule has 0 aromatic rings. The second-order valence-corrected chi connectivity index (χ2v) is 6.32. The highest BCUT2D eigenvalue weighted by Crippen LogP contribution is 2.24. The highest BCUT2D eigenvalue weighted by atomic mass is 32.2. The molecule has 1 heterocycles. The molecule has 1 saturated heterocycles. The van der Waals surface area contributed by atoms with Crippen molar-refractivity contribution in [1.29, 1.82) is 0 Å². The van der Waals surface area contributed by atoms with Crippen LogP contribution in [0.15, 0.2) is 0 Å². The van der Waals surface area contributed by atoms with E-state index in [0.29, 0.717) is 18.9 Å². The minimum Gasteiger partial charge on any atom is -0.378 e. The molecular weight excluding hydrogens is 214 g/mol. The molecule has 4 nitrogen and oxygen atoms in total. The zero-order valence-corrected chi connectivity index (χ0v) is 10.1. The van der Waals surface area contributed by atoms with Gasteiger partial charge in [0, 0.05) is 6.61 Å². The molecule has 0 aromatic carbocycles. The van der Waals surface area contributed by atoms with E-state index in [9.17, 15) is 8.42 Å². The molecule has 0 saturated carbocycles. The summed E-state index contributed by atoms with van der Waals surface area (Å²) >= 11 is 0. The van der Waals surface area contributed by atoms with Gasteiger partial charge in [-0.25, -0.2) is 8.42 Å². The van der Waals surface area contributed by atoms with Crippen molar-refractivity contribution in [2.75, 3.05) is 24.7 Å². The predicted molar refractivity (Wildman–Crippen MR) is 60.5 cm³/mol. The second kappa shape index (κ2) is 5.82. The van der Waals surface area contributed by atoms with E-state index >= 15 is 0 Å². The van der Waals surface area contributed by atoms with Crippen LogP contribution in [0.25, 0.3) is 0 Å². The number of nitrogens with two attached hydrogens (primary N) is 1. The van der Waals surface area contributed by atoms with Gasteiger partial charge in [-0.3, -0.25) is 0 Å². The van der Waals surface area contributed by atoms with Crippen LogP contribution in [-0.2, 0) is 14.6 Å². The Morgan fingerprint density at radius 1 is 1.53 bits per heavy atom. The fourth-order valence-corrected chi connectivity index (χ4v) is 3.99. The summed E-state index contributed by atoms with van der Waals surface area (Å²) in [4.78, 5) is 0. The lowest BCUT2D eigenvalue weighted by atomic mass is 9.96. The van der Waals surface area contributed by atoms with E-state index in [1.54, 1.807) is 0 Å². The van der Waals surface area contributed by atoms with E-state index in [4.69, 9.17) is 10.5 Å². The number of sulfone groups is 1. The number of ether oxygens (including phenoxy) is 1. The quantitative estimate of drug-likeness (QED) is 0.756. The molecule has 0 bridgehead atoms. The van der Waals surface area contributed by atoms with E-state index in [-0.39, 0.29) is 17.8 Å². The fourth-order valence-electron chi connectivity index (χ4n) is 2.18. The van der Waals surface area contributed by atoms with E-state index in [1.165, 1.54) is 0 Å². The van der Waals surface area contributed by atoms with Gasteiger partial charge < -0.3 is 10.5 Å². The monoisotopic (exact) mass is 235 g/mol. The highest BCUT2D eigenvalue weighted by molar-refractivity contribution is 7.91. The van der Waals surface area contributed by atoms with Crippen molar-refractivity contribution in [2.45, 2.75) is 32.3 Å². The Labute approximate surface area is 92.1 Å². The maximum Gasteiger partial charge on any atom is 0.150 e. The second-order valence-electron chi connectivity index (χ2n) is 4.09. The Bertz CT molecular complexity index is 270. The summed E-state index contributed by atoms with van der Waals surface area (Å²) in [6, 6.07) is 0. The smallest absolute Gasteiger partial charge is 0.150 e. The van der Waals surface area contributed by atoms with E-state index in [0.717, 1.165) is 19.3 Å². The number of rotatable bonds is 5. The van der Waals surface area contributed by atoms with Crippen LogP contribution in [0.2, 0.25) is 0 Å². The van der Waals surface area contributed by atoms with Crippen LogP contribution in [0.1, 0.15) is 26.2 Å². The van der Waals surface area contributed by atoms with Gasteiger partial charge in [0.15, 0.2) is 9.84 Å². The average Bonchev–Trinajstić information content (AvgIpc) is 2.16. The predicted octanol–water partition coefficient (Wildman–Crippen LogP) is 0.565. The third-order valence-corrected chi connectivity index (χ3v) is 4.70. The third kappa shape index (κ3) is 4.09. The SMILES string of the molecule is CCOC(CCN)C1CCCS(=O)(=O)C1. The molecular formula is C10H21NO3S. The average molecular weight is 235 g/mol. The van der Waals surface area contributed by atoms with Gasteiger partial charge in [0.2, 0.25) is 0 Å². The minimum atomic E-state index is -2.83. The Hall–Kier alpha value is -0.130. The summed E-state index contributed by atoms with van der Waals surface area (Å²) in [6.07, 6.45) is 2.49. The van der Waals surface area contributed by atoms with Crippen LogP contribution in [0.3, 0.4) is 0 Å². The van der Waals surface area contributed by atoms with Crippen LogP contribution in [0.4, 0.5) is 0 Å². The highest BCUT2D eigenvalue weighted by Gasteiger charge is 2.30. The molecule has 0 radical (unpaired) electrons. The van der Waals surface area contributed by atoms with Crippen LogP contribution in [-0.4, -0.2) is 39.2 Å². The first-order chi connectivity index (χ1) is 7.09. The Morgan fingerprint density at radius 2 is 2.27 bits per heavy atom. The van der Waals surface area contributed by atoms with Gasteiger partial charge in [-0.05, 0) is 38.6 Å². The largest absolute Gasteiger partial charge is 0.378 e. The Kier molecular flexibility index (Phi) is 5.02. The van der Waals surface area contributed by atoms with Gasteiger partial charge in [0.05, 0.1) is 17.6 Å². The van der Waals surface area contributed by atoms with Gasteiger partial charge >= 0.3 is 0 Å². The minimum absolute atomic E-state index is 0.0232. The third-order valence-electron chi connectivity index (χ3n) is 2.86. The number of hydrogen-bond donors (Lipinski definition) is 1. The first kappa shape index (κ1) is 12.9. The first-order valence-electron chi connectivity index (χ1n) is 5.61. The molecule has 5 heteroatoms. The summed E-state index contributed by atoms with van der Waals surface area (Å²) in [7, 11) is -2.83. The zero-order chi connectivity index (χ0) is 11.3. The van der Waals surface area contributed by atoms with Crippen molar-refractivity contribution in [3.05, 3.63) is 0 Å². The van der Waals surface area contributed by atoms with E-state index in [1.807, 2.05) is 6.92 Å². The van der Waals surface area contributed by atoms with Gasteiger partial charge in [-0.2, -0.15) is 0 Å². The van der Waals surface area contributed by atoms with Crippen LogP contribution >= 0.6 is 0 Å². The molecule has 1 rings (SSSR count). The van der Waals surface area contributed by atoms with Gasteiger partial charge in [-0.1, -0.05) is 0 Å². The molecule has 2 atom stereocenters. The molecule has 1 fully saturated rings. The van der Waals surface area contributed by atoms with Crippen molar-refractivity contribution in [3.8, 4) is 0 Å². The summed E-state index contributed by atoms with van der Waals surface area (Å²) in [5, 5.41) is 0. The maximum atomic E-state index is 11.5. The summed E-state index contributed by atoms with van der Waals surface area (Å²) in [5.74, 6) is 0.759. The van der Waals surface area contributed by atoms with E-state index < -0.39 is 9.84 Å². The van der Waals surface area contributed by atoms with Crippen molar-refractivity contribution in [3.63, 3.8) is 0 Å². The van der Waals surface area contributed by atoms with Crippen molar-refractivity contribution in [2.24, 2.45) is 11.7 Å². The fraction of sp³-hybridized carbons (Fsp3) is 1.00. The Morgan fingerprint density at radius 3 is 2.80 bits per heavy atom. The maximum absolute atomic E-state index is 11.5. The number of hydrogen-bond acceptors (Lipinski definition) is 4. The molecule has 2 N–H and O–H groups in total. The van der Waals surface area contributed by atoms with Crippen molar-refractivity contribution in [1.82, 2.24) is 0 Å². The lowest BCUT2D eigenvalue weighted by molar-refractivity contribution is 0.0184. The molecule has 1 aliphatic rings. The Balaban J connectivity index is 2.58. The summed E-state index contributed by atoms with van der Waals surface area (Å²) in [5.41, 5.74) is 5.50. The van der Waals surface area contributed by atoms with E-state index in [2.05, 4.69) is 0 Å². The van der Waals surface area contributed by atoms with Gasteiger partial charge in [0.1, 0.15) is 0 Å². The molecule has 0 aliphatic carbocycles. The first-order valence-corrected chi connectivity index (χ1v) is 7.43. The molecule has 0 spiro atoms. The molecule has 1 aliphatic heterocycles. The van der Waals surface area contributed by atoms with Crippen LogP contribution < -0.4 is 5.73 Å². The molecule has 90 valence electrons. The van der Waals surface area contributed by atoms with Crippen LogP contribution in [0, 0.1) is 5.92 Å². The summed E-state index contributed by atoms with van der Waals surface area (Å²) in [6.45, 7) is 3.11.